The zero-order valence-corrected chi connectivity index (χ0v) is 18.5. The van der Waals surface area contributed by atoms with Crippen LogP contribution >= 0.6 is 0 Å². The molecule has 2 bridgehead atoms. The number of fused-ring (bicyclic) bond motifs is 3. The molecule has 0 heterocycles. The summed E-state index contributed by atoms with van der Waals surface area (Å²) in [7, 11) is -4.01. The molecule has 10 heteroatoms. The fourth-order valence-electron chi connectivity index (χ4n) is 4.63. The molecule has 0 aliphatic heterocycles. The summed E-state index contributed by atoms with van der Waals surface area (Å²) < 4.78 is 82.0. The zero-order valence-electron chi connectivity index (χ0n) is 17.7. The predicted molar refractivity (Wildman–Crippen MR) is 116 cm³/mol. The van der Waals surface area contributed by atoms with Gasteiger partial charge in [-0.3, -0.25) is 9.52 Å². The van der Waals surface area contributed by atoms with Crippen LogP contribution in [0.1, 0.15) is 60.0 Å². The Morgan fingerprint density at radius 1 is 0.939 bits per heavy atom. The van der Waals surface area contributed by atoms with Crippen LogP contribution in [0.15, 0.2) is 48.5 Å². The van der Waals surface area contributed by atoms with Crippen molar-refractivity contribution in [1.82, 2.24) is 5.32 Å². The minimum Gasteiger partial charge on any atom is -0.347 e. The van der Waals surface area contributed by atoms with E-state index in [9.17, 15) is 30.8 Å². The van der Waals surface area contributed by atoms with Gasteiger partial charge in [-0.2, -0.15) is 13.2 Å². The number of carbonyl (C=O) groups excluding carboxylic acids is 1. The maximum atomic E-state index is 14.5. The summed E-state index contributed by atoms with van der Waals surface area (Å²) in [5.74, 6) is -1.22. The van der Waals surface area contributed by atoms with Gasteiger partial charge in [0.05, 0.1) is 22.6 Å². The Morgan fingerprint density at radius 2 is 1.55 bits per heavy atom. The highest BCUT2D eigenvalue weighted by Crippen LogP contribution is 2.49. The van der Waals surface area contributed by atoms with Gasteiger partial charge in [-0.25, -0.2) is 12.8 Å². The Balaban J connectivity index is 1.62. The number of alkyl halides is 4. The first kappa shape index (κ1) is 23.5. The van der Waals surface area contributed by atoms with Crippen LogP contribution in [0.3, 0.4) is 0 Å². The van der Waals surface area contributed by atoms with Gasteiger partial charge in [0.2, 0.25) is 10.0 Å². The molecular weight excluding hydrogens is 460 g/mol. The largest absolute Gasteiger partial charge is 0.416 e. The third-order valence-corrected chi connectivity index (χ3v) is 7.83. The molecule has 5 rings (SSSR count). The molecule has 0 aromatic heterocycles. The van der Waals surface area contributed by atoms with Crippen molar-refractivity contribution >= 4 is 21.6 Å². The van der Waals surface area contributed by atoms with Gasteiger partial charge in [-0.1, -0.05) is 30.3 Å². The number of benzene rings is 2. The maximum Gasteiger partial charge on any atom is 0.416 e. The lowest BCUT2D eigenvalue weighted by Crippen LogP contribution is -2.57. The summed E-state index contributed by atoms with van der Waals surface area (Å²) in [4.78, 5) is 13.1. The molecule has 0 saturated heterocycles. The second-order valence-electron chi connectivity index (χ2n) is 8.99. The summed E-state index contributed by atoms with van der Waals surface area (Å²) in [5, 5.41) is 2.80. The third-order valence-electron chi connectivity index (χ3n) is 6.59. The fraction of sp³-hybridized carbons (Fsp3) is 0.435. The van der Waals surface area contributed by atoms with Crippen LogP contribution in [0.25, 0.3) is 0 Å². The summed E-state index contributed by atoms with van der Waals surface area (Å²) >= 11 is 0. The number of hydrogen-bond donors (Lipinski definition) is 2. The second-order valence-corrected chi connectivity index (χ2v) is 10.7. The van der Waals surface area contributed by atoms with Gasteiger partial charge in [-0.05, 0) is 62.3 Å². The summed E-state index contributed by atoms with van der Waals surface area (Å²) in [5.41, 5.74) is -3.16. The van der Waals surface area contributed by atoms with Crippen LogP contribution in [-0.2, 0) is 22.0 Å². The highest BCUT2D eigenvalue weighted by molar-refractivity contribution is 7.91. The highest BCUT2D eigenvalue weighted by Gasteiger charge is 2.49. The van der Waals surface area contributed by atoms with Crippen molar-refractivity contribution in [1.29, 1.82) is 0 Å². The number of anilines is 1. The van der Waals surface area contributed by atoms with Crippen LogP contribution in [0, 0.1) is 0 Å². The first-order chi connectivity index (χ1) is 15.4. The van der Waals surface area contributed by atoms with Gasteiger partial charge in [-0.15, -0.1) is 0 Å². The molecular formula is C23H24F4N2O3S. The molecule has 3 saturated carbocycles. The van der Waals surface area contributed by atoms with Crippen LogP contribution in [0.4, 0.5) is 23.2 Å². The molecule has 3 aliphatic rings. The van der Waals surface area contributed by atoms with Gasteiger partial charge < -0.3 is 5.32 Å². The number of halogens is 4. The average Bonchev–Trinajstić information content (AvgIpc) is 2.74. The van der Waals surface area contributed by atoms with Gasteiger partial charge >= 0.3 is 6.18 Å². The number of carbonyl (C=O) groups is 1. The molecule has 1 amide bonds. The smallest absolute Gasteiger partial charge is 0.347 e. The number of rotatable bonds is 6. The molecule has 0 spiro atoms. The minimum absolute atomic E-state index is 0.237. The monoisotopic (exact) mass is 484 g/mol. The topological polar surface area (TPSA) is 75.3 Å². The molecule has 2 aromatic carbocycles. The third kappa shape index (κ3) is 5.31. The van der Waals surface area contributed by atoms with Crippen molar-refractivity contribution in [2.75, 3.05) is 4.72 Å². The number of sulfonamides is 1. The van der Waals surface area contributed by atoms with E-state index in [1.807, 2.05) is 0 Å². The van der Waals surface area contributed by atoms with Gasteiger partial charge in [0.1, 0.15) is 5.67 Å². The standard InChI is InChI=1S/C23H24F4N2O3S/c24-21-8-11-22(12-9-21,13-10-21)28-20(30)18-14-17(23(25,26)27)6-7-19(18)29-33(31,32)15-16-4-2-1-3-5-16/h1-7,14,29H,8-13,15H2,(H,28,30). The number of hydrogen-bond acceptors (Lipinski definition) is 3. The van der Waals surface area contributed by atoms with Crippen molar-refractivity contribution < 1.29 is 30.8 Å². The van der Waals surface area contributed by atoms with E-state index in [0.29, 0.717) is 30.9 Å². The lowest BCUT2D eigenvalue weighted by atomic mass is 9.64. The van der Waals surface area contributed by atoms with Crippen LogP contribution in [0.5, 0.6) is 0 Å². The van der Waals surface area contributed by atoms with E-state index in [1.54, 1.807) is 30.3 Å². The molecule has 178 valence electrons. The summed E-state index contributed by atoms with van der Waals surface area (Å²) in [6.07, 6.45) is -2.68. The molecule has 33 heavy (non-hydrogen) atoms. The zero-order chi connectivity index (χ0) is 23.9. The van der Waals surface area contributed by atoms with E-state index in [1.165, 1.54) is 0 Å². The van der Waals surface area contributed by atoms with Crippen molar-refractivity contribution in [3.8, 4) is 0 Å². The fourth-order valence-corrected chi connectivity index (χ4v) is 5.85. The molecule has 0 unspecified atom stereocenters. The predicted octanol–water partition coefficient (Wildman–Crippen LogP) is 5.19. The van der Waals surface area contributed by atoms with Crippen molar-refractivity contribution in [2.45, 2.75) is 61.7 Å². The molecule has 2 aromatic rings. The first-order valence-electron chi connectivity index (χ1n) is 10.7. The van der Waals surface area contributed by atoms with Gasteiger partial charge in [0.25, 0.3) is 5.91 Å². The molecule has 3 fully saturated rings. The van der Waals surface area contributed by atoms with E-state index in [4.69, 9.17) is 0 Å². The Bertz CT molecular complexity index is 1130. The summed E-state index contributed by atoms with van der Waals surface area (Å²) in [6, 6.07) is 10.6. The highest BCUT2D eigenvalue weighted by atomic mass is 32.2. The van der Waals surface area contributed by atoms with E-state index < -0.39 is 50.2 Å². The second kappa shape index (κ2) is 8.30. The Kier molecular flexibility index (Phi) is 5.92. The van der Waals surface area contributed by atoms with Crippen LogP contribution in [0.2, 0.25) is 0 Å². The quantitative estimate of drug-likeness (QED) is 0.554. The van der Waals surface area contributed by atoms with E-state index in [0.717, 1.165) is 12.1 Å². The Labute approximate surface area is 189 Å². The first-order valence-corrected chi connectivity index (χ1v) is 12.3. The maximum absolute atomic E-state index is 14.5. The number of nitrogens with one attached hydrogen (secondary N) is 2. The molecule has 2 N–H and O–H groups in total. The lowest BCUT2D eigenvalue weighted by Gasteiger charge is -2.50. The molecule has 3 aliphatic carbocycles. The molecule has 0 atom stereocenters. The Morgan fingerprint density at radius 3 is 2.12 bits per heavy atom. The van der Waals surface area contributed by atoms with E-state index in [-0.39, 0.29) is 24.9 Å². The van der Waals surface area contributed by atoms with Crippen molar-refractivity contribution in [3.05, 3.63) is 65.2 Å². The van der Waals surface area contributed by atoms with Crippen molar-refractivity contribution in [3.63, 3.8) is 0 Å². The SMILES string of the molecule is O=C(NC12CCC(F)(CC1)CC2)c1cc(C(F)(F)F)ccc1NS(=O)(=O)Cc1ccccc1. The van der Waals surface area contributed by atoms with Crippen LogP contribution < -0.4 is 10.0 Å². The van der Waals surface area contributed by atoms with E-state index in [2.05, 4.69) is 10.0 Å². The molecule has 5 nitrogen and oxygen atoms in total. The van der Waals surface area contributed by atoms with Crippen molar-refractivity contribution in [2.24, 2.45) is 0 Å². The minimum atomic E-state index is -4.71. The normalized spacial score (nSPS) is 25.0. The molecule has 0 radical (unpaired) electrons. The Hall–Kier alpha value is -2.62. The lowest BCUT2D eigenvalue weighted by molar-refractivity contribution is -0.137. The van der Waals surface area contributed by atoms with E-state index >= 15 is 0 Å². The average molecular weight is 485 g/mol. The van der Waals surface area contributed by atoms with Crippen LogP contribution in [-0.4, -0.2) is 25.5 Å². The van der Waals surface area contributed by atoms with Gasteiger partial charge in [0.15, 0.2) is 0 Å². The summed E-state index contributed by atoms with van der Waals surface area (Å²) in [6.45, 7) is 0. The number of amides is 1. The van der Waals surface area contributed by atoms with Gasteiger partial charge in [0, 0.05) is 5.54 Å².